The van der Waals surface area contributed by atoms with Crippen LogP contribution in [0, 0.1) is 0 Å². The van der Waals surface area contributed by atoms with E-state index in [-0.39, 0.29) is 23.6 Å². The van der Waals surface area contributed by atoms with Gasteiger partial charge in [0.05, 0.1) is 12.1 Å². The normalized spacial score (nSPS) is 21.9. The van der Waals surface area contributed by atoms with E-state index in [2.05, 4.69) is 13.8 Å². The van der Waals surface area contributed by atoms with E-state index in [4.69, 9.17) is 14.2 Å². The molecule has 1 aliphatic carbocycles. The largest absolute Gasteiger partial charge is 0.514 e. The minimum atomic E-state index is -0.712. The molecule has 1 amide bonds. The van der Waals surface area contributed by atoms with Crippen LogP contribution in [0.2, 0.25) is 0 Å². The average molecular weight is 418 g/mol. The van der Waals surface area contributed by atoms with Crippen LogP contribution in [-0.2, 0) is 21.3 Å². The number of fused-ring (bicyclic) bond motifs is 2. The molecule has 1 heterocycles. The van der Waals surface area contributed by atoms with E-state index in [0.29, 0.717) is 5.75 Å². The lowest BCUT2D eigenvalue weighted by atomic mass is 9.66. The maximum Gasteiger partial charge on any atom is 0.514 e. The molecule has 166 valence electrons. The Balaban J connectivity index is 1.88. The average Bonchev–Trinajstić information content (AvgIpc) is 3.31. The SMILES string of the molecule is CCC1(CC)c2cc(OC(=O)OC(C)(C)C)ccc2CC2C1N2C(=O)OC(C)(C)C. The summed E-state index contributed by atoms with van der Waals surface area (Å²) in [6.45, 7) is 15.4. The second-order valence-electron chi connectivity index (χ2n) is 10.4. The van der Waals surface area contributed by atoms with Crippen LogP contribution in [0.5, 0.6) is 5.75 Å². The van der Waals surface area contributed by atoms with Crippen molar-refractivity contribution in [1.29, 1.82) is 0 Å². The smallest absolute Gasteiger partial charge is 0.444 e. The lowest BCUT2D eigenvalue weighted by Gasteiger charge is -2.37. The number of rotatable bonds is 3. The Morgan fingerprint density at radius 2 is 1.63 bits per heavy atom. The van der Waals surface area contributed by atoms with Crippen LogP contribution in [0.1, 0.15) is 79.4 Å². The number of ether oxygens (including phenoxy) is 3. The second kappa shape index (κ2) is 7.47. The van der Waals surface area contributed by atoms with Crippen LogP contribution in [-0.4, -0.2) is 40.4 Å². The topological polar surface area (TPSA) is 64.8 Å². The summed E-state index contributed by atoms with van der Waals surface area (Å²) in [5.41, 5.74) is 1.02. The molecule has 6 nitrogen and oxygen atoms in total. The Morgan fingerprint density at radius 3 is 2.17 bits per heavy atom. The second-order valence-corrected chi connectivity index (χ2v) is 10.4. The predicted molar refractivity (Wildman–Crippen MR) is 115 cm³/mol. The molecule has 0 bridgehead atoms. The van der Waals surface area contributed by atoms with Crippen LogP contribution in [0.4, 0.5) is 9.59 Å². The number of hydrogen-bond acceptors (Lipinski definition) is 5. The molecule has 0 spiro atoms. The van der Waals surface area contributed by atoms with Crippen LogP contribution >= 0.6 is 0 Å². The number of amides is 1. The molecule has 0 saturated carbocycles. The summed E-state index contributed by atoms with van der Waals surface area (Å²) in [5, 5.41) is 0. The summed E-state index contributed by atoms with van der Waals surface area (Å²) in [6, 6.07) is 6.03. The van der Waals surface area contributed by atoms with E-state index in [1.807, 2.05) is 37.8 Å². The third kappa shape index (κ3) is 4.28. The van der Waals surface area contributed by atoms with E-state index in [1.165, 1.54) is 5.56 Å². The number of benzene rings is 1. The molecule has 30 heavy (non-hydrogen) atoms. The Morgan fingerprint density at radius 1 is 1.03 bits per heavy atom. The summed E-state index contributed by atoms with van der Waals surface area (Å²) < 4.78 is 16.4. The first kappa shape index (κ1) is 22.4. The first-order valence-corrected chi connectivity index (χ1v) is 10.9. The predicted octanol–water partition coefficient (Wildman–Crippen LogP) is 5.60. The van der Waals surface area contributed by atoms with Gasteiger partial charge in [0.2, 0.25) is 0 Å². The van der Waals surface area contributed by atoms with Gasteiger partial charge in [-0.05, 0) is 84.1 Å². The van der Waals surface area contributed by atoms with Crippen molar-refractivity contribution in [3.05, 3.63) is 29.3 Å². The van der Waals surface area contributed by atoms with Gasteiger partial charge < -0.3 is 14.2 Å². The molecule has 2 aliphatic rings. The molecule has 2 unspecified atom stereocenters. The highest BCUT2D eigenvalue weighted by Gasteiger charge is 2.64. The van der Waals surface area contributed by atoms with E-state index in [0.717, 1.165) is 24.8 Å². The van der Waals surface area contributed by atoms with E-state index in [1.54, 1.807) is 26.8 Å². The van der Waals surface area contributed by atoms with Crippen molar-refractivity contribution in [3.63, 3.8) is 0 Å². The van der Waals surface area contributed by atoms with E-state index >= 15 is 0 Å². The standard InChI is InChI=1S/C24H35NO5/c1-9-24(10-2)17-14-16(28-21(27)30-23(6,7)8)12-11-15(17)13-18-19(24)25(18)20(26)29-22(3,4)5/h11-12,14,18-19H,9-10,13H2,1-8H3. The molecule has 1 aromatic carbocycles. The summed E-state index contributed by atoms with van der Waals surface area (Å²) in [7, 11) is 0. The minimum Gasteiger partial charge on any atom is -0.444 e. The van der Waals surface area contributed by atoms with Crippen molar-refractivity contribution >= 4 is 12.2 Å². The van der Waals surface area contributed by atoms with Gasteiger partial charge >= 0.3 is 12.2 Å². The zero-order valence-corrected chi connectivity index (χ0v) is 19.5. The van der Waals surface area contributed by atoms with Crippen molar-refractivity contribution < 1.29 is 23.8 Å². The summed E-state index contributed by atoms with van der Waals surface area (Å²) in [4.78, 5) is 26.8. The van der Waals surface area contributed by atoms with Crippen LogP contribution in [0.15, 0.2) is 18.2 Å². The Bertz CT molecular complexity index is 829. The third-order valence-electron chi connectivity index (χ3n) is 6.00. The van der Waals surface area contributed by atoms with Gasteiger partial charge in [-0.2, -0.15) is 0 Å². The fourth-order valence-electron chi connectivity index (χ4n) is 4.75. The highest BCUT2D eigenvalue weighted by Crippen LogP contribution is 2.55. The zero-order chi connectivity index (χ0) is 22.5. The summed E-state index contributed by atoms with van der Waals surface area (Å²) >= 11 is 0. The van der Waals surface area contributed by atoms with Crippen molar-refractivity contribution in [2.75, 3.05) is 0 Å². The molecule has 6 heteroatoms. The molecule has 0 radical (unpaired) electrons. The lowest BCUT2D eigenvalue weighted by molar-refractivity contribution is 0.0205. The van der Waals surface area contributed by atoms with Gasteiger partial charge in [0.1, 0.15) is 17.0 Å². The first-order valence-electron chi connectivity index (χ1n) is 10.9. The number of carbonyl (C=O) groups is 2. The van der Waals surface area contributed by atoms with Gasteiger partial charge in [0.25, 0.3) is 0 Å². The highest BCUT2D eigenvalue weighted by molar-refractivity contribution is 5.74. The monoisotopic (exact) mass is 417 g/mol. The van der Waals surface area contributed by atoms with Crippen LogP contribution in [0.25, 0.3) is 0 Å². The fourth-order valence-corrected chi connectivity index (χ4v) is 4.75. The summed E-state index contributed by atoms with van der Waals surface area (Å²) in [6.07, 6.45) is 1.59. The van der Waals surface area contributed by atoms with Gasteiger partial charge in [-0.25, -0.2) is 9.59 Å². The van der Waals surface area contributed by atoms with Crippen LogP contribution in [0.3, 0.4) is 0 Å². The molecule has 1 aromatic rings. The maximum absolute atomic E-state index is 12.8. The van der Waals surface area contributed by atoms with E-state index in [9.17, 15) is 9.59 Å². The molecule has 1 saturated heterocycles. The minimum absolute atomic E-state index is 0.103. The Labute approximate surface area is 179 Å². The molecule has 1 aliphatic heterocycles. The highest BCUT2D eigenvalue weighted by atomic mass is 16.7. The molecule has 0 N–H and O–H groups in total. The van der Waals surface area contributed by atoms with Crippen molar-refractivity contribution in [3.8, 4) is 5.75 Å². The van der Waals surface area contributed by atoms with E-state index < -0.39 is 17.4 Å². The van der Waals surface area contributed by atoms with Gasteiger partial charge in [-0.15, -0.1) is 0 Å². The molecule has 2 atom stereocenters. The quantitative estimate of drug-likeness (QED) is 0.364. The fraction of sp³-hybridized carbons (Fsp3) is 0.667. The lowest BCUT2D eigenvalue weighted by Crippen LogP contribution is -2.39. The number of carbonyl (C=O) groups excluding carboxylic acids is 2. The molecule has 1 fully saturated rings. The van der Waals surface area contributed by atoms with Gasteiger partial charge in [0, 0.05) is 5.41 Å². The number of hydrogen-bond donors (Lipinski definition) is 0. The van der Waals surface area contributed by atoms with Gasteiger partial charge in [-0.3, -0.25) is 4.90 Å². The van der Waals surface area contributed by atoms with Crippen molar-refractivity contribution in [2.45, 2.75) is 103 Å². The van der Waals surface area contributed by atoms with Gasteiger partial charge in [-0.1, -0.05) is 19.9 Å². The molecular weight excluding hydrogens is 382 g/mol. The Hall–Kier alpha value is -2.24. The molecule has 0 aromatic heterocycles. The molecule has 3 rings (SSSR count). The first-order chi connectivity index (χ1) is 13.8. The summed E-state index contributed by atoms with van der Waals surface area (Å²) in [5.74, 6) is 0.470. The van der Waals surface area contributed by atoms with Crippen LogP contribution < -0.4 is 4.74 Å². The van der Waals surface area contributed by atoms with Gasteiger partial charge in [0.15, 0.2) is 0 Å². The van der Waals surface area contributed by atoms with Crippen molar-refractivity contribution in [2.24, 2.45) is 0 Å². The maximum atomic E-state index is 12.8. The molecular formula is C24H35NO5. The van der Waals surface area contributed by atoms with Crippen molar-refractivity contribution in [1.82, 2.24) is 4.90 Å². The third-order valence-corrected chi connectivity index (χ3v) is 6.00. The number of nitrogens with zero attached hydrogens (tertiary/aromatic N) is 1. The Kier molecular flexibility index (Phi) is 5.59. The zero-order valence-electron chi connectivity index (χ0n) is 19.5.